The van der Waals surface area contributed by atoms with E-state index in [9.17, 15) is 0 Å². The zero-order chi connectivity index (χ0) is 21.5. The van der Waals surface area contributed by atoms with E-state index in [0.717, 1.165) is 38.8 Å². The van der Waals surface area contributed by atoms with Crippen molar-refractivity contribution in [2.24, 2.45) is 0 Å². The fourth-order valence-corrected chi connectivity index (χ4v) is 5.60. The third-order valence-corrected chi connectivity index (χ3v) is 6.91. The standard InChI is InChI=1S/C30H18N2O/c1-2-10-18(11-3-1)32-23-16-8-5-13-20(23)27-28-25(19-12-4-7-15-22(19)31-28)26-21-14-6-9-17-24(21)33-30(26)29(27)32/h1-17,31H. The molecule has 0 fully saturated rings. The summed E-state index contributed by atoms with van der Waals surface area (Å²) in [5.41, 5.74) is 7.55. The van der Waals surface area contributed by atoms with Crippen LogP contribution in [0.2, 0.25) is 0 Å². The minimum Gasteiger partial charge on any atom is -0.454 e. The van der Waals surface area contributed by atoms with E-state index in [4.69, 9.17) is 4.42 Å². The van der Waals surface area contributed by atoms with Crippen LogP contribution in [-0.2, 0) is 0 Å². The maximum atomic E-state index is 6.65. The molecule has 0 spiro atoms. The Kier molecular flexibility index (Phi) is 3.14. The van der Waals surface area contributed by atoms with E-state index in [-0.39, 0.29) is 0 Å². The highest BCUT2D eigenvalue weighted by Gasteiger charge is 2.24. The summed E-state index contributed by atoms with van der Waals surface area (Å²) in [6.07, 6.45) is 0. The first-order valence-corrected chi connectivity index (χ1v) is 11.2. The number of para-hydroxylation sites is 4. The number of nitrogens with zero attached hydrogens (tertiary/aromatic N) is 1. The van der Waals surface area contributed by atoms with Crippen LogP contribution in [0.4, 0.5) is 0 Å². The molecule has 1 N–H and O–H groups in total. The van der Waals surface area contributed by atoms with Crippen LogP contribution in [0.1, 0.15) is 0 Å². The molecule has 8 aromatic rings. The molecule has 0 bridgehead atoms. The second kappa shape index (κ2) is 6.05. The van der Waals surface area contributed by atoms with Gasteiger partial charge in [0.2, 0.25) is 0 Å². The second-order valence-electron chi connectivity index (χ2n) is 8.63. The fourth-order valence-electron chi connectivity index (χ4n) is 5.60. The molecule has 0 radical (unpaired) electrons. The summed E-state index contributed by atoms with van der Waals surface area (Å²) >= 11 is 0. The van der Waals surface area contributed by atoms with E-state index in [0.29, 0.717) is 0 Å². The lowest BCUT2D eigenvalue weighted by molar-refractivity contribution is 0.671. The smallest absolute Gasteiger partial charge is 0.160 e. The van der Waals surface area contributed by atoms with Crippen molar-refractivity contribution in [1.82, 2.24) is 9.55 Å². The Balaban J connectivity index is 1.80. The van der Waals surface area contributed by atoms with E-state index in [1.165, 1.54) is 32.4 Å². The first kappa shape index (κ1) is 17.1. The molecule has 0 amide bonds. The largest absolute Gasteiger partial charge is 0.454 e. The molecule has 0 atom stereocenters. The highest BCUT2D eigenvalue weighted by Crippen LogP contribution is 2.47. The van der Waals surface area contributed by atoms with E-state index < -0.39 is 0 Å². The molecule has 0 saturated heterocycles. The van der Waals surface area contributed by atoms with Gasteiger partial charge < -0.3 is 14.0 Å². The van der Waals surface area contributed by atoms with E-state index in [1.54, 1.807) is 0 Å². The fraction of sp³-hybridized carbons (Fsp3) is 0. The number of aromatic nitrogens is 2. The van der Waals surface area contributed by atoms with E-state index in [2.05, 4.69) is 107 Å². The normalized spacial score (nSPS) is 12.2. The number of fused-ring (bicyclic) bond motifs is 12. The Labute approximate surface area is 188 Å². The summed E-state index contributed by atoms with van der Waals surface area (Å²) in [5, 5.41) is 7.19. The van der Waals surface area contributed by atoms with Crippen molar-refractivity contribution in [3.05, 3.63) is 103 Å². The van der Waals surface area contributed by atoms with Gasteiger partial charge in [0.25, 0.3) is 0 Å². The predicted octanol–water partition coefficient (Wildman–Crippen LogP) is 8.32. The Hall–Kier alpha value is -4.50. The van der Waals surface area contributed by atoms with E-state index >= 15 is 0 Å². The van der Waals surface area contributed by atoms with Gasteiger partial charge in [-0.25, -0.2) is 0 Å². The number of furan rings is 1. The number of hydrogen-bond donors (Lipinski definition) is 1. The van der Waals surface area contributed by atoms with Crippen LogP contribution in [0.25, 0.3) is 71.2 Å². The third kappa shape index (κ3) is 2.09. The monoisotopic (exact) mass is 422 g/mol. The summed E-state index contributed by atoms with van der Waals surface area (Å²) in [7, 11) is 0. The number of H-pyrrole nitrogens is 1. The molecule has 5 aromatic carbocycles. The van der Waals surface area contributed by atoms with Crippen LogP contribution < -0.4 is 0 Å². The molecule has 0 aliphatic carbocycles. The van der Waals surface area contributed by atoms with Gasteiger partial charge in [-0.05, 0) is 30.3 Å². The van der Waals surface area contributed by atoms with Gasteiger partial charge in [-0.2, -0.15) is 0 Å². The minimum absolute atomic E-state index is 0.913. The summed E-state index contributed by atoms with van der Waals surface area (Å²) in [6.45, 7) is 0. The molecule has 0 unspecified atom stereocenters. The van der Waals surface area contributed by atoms with Crippen molar-refractivity contribution < 1.29 is 4.42 Å². The number of hydrogen-bond acceptors (Lipinski definition) is 1. The molecule has 0 saturated carbocycles. The Morgan fingerprint density at radius 1 is 0.576 bits per heavy atom. The van der Waals surface area contributed by atoms with Crippen molar-refractivity contribution in [3.63, 3.8) is 0 Å². The predicted molar refractivity (Wildman–Crippen MR) is 137 cm³/mol. The maximum absolute atomic E-state index is 6.65. The zero-order valence-electron chi connectivity index (χ0n) is 17.7. The first-order valence-electron chi connectivity index (χ1n) is 11.2. The van der Waals surface area contributed by atoms with Gasteiger partial charge in [-0.3, -0.25) is 0 Å². The van der Waals surface area contributed by atoms with Crippen molar-refractivity contribution in [2.45, 2.75) is 0 Å². The Bertz CT molecular complexity index is 2020. The summed E-state index contributed by atoms with van der Waals surface area (Å²) in [5.74, 6) is 0. The molecule has 3 aromatic heterocycles. The number of aromatic amines is 1. The lowest BCUT2D eigenvalue weighted by atomic mass is 10.0. The van der Waals surface area contributed by atoms with Crippen LogP contribution in [0.3, 0.4) is 0 Å². The lowest BCUT2D eigenvalue weighted by Crippen LogP contribution is -1.93. The quantitative estimate of drug-likeness (QED) is 0.283. The summed E-state index contributed by atoms with van der Waals surface area (Å²) in [4.78, 5) is 3.77. The van der Waals surface area contributed by atoms with Gasteiger partial charge >= 0.3 is 0 Å². The number of benzene rings is 5. The summed E-state index contributed by atoms with van der Waals surface area (Å²) in [6, 6.07) is 36.2. The molecule has 3 nitrogen and oxygen atoms in total. The Morgan fingerprint density at radius 3 is 2.15 bits per heavy atom. The first-order chi connectivity index (χ1) is 16.4. The van der Waals surface area contributed by atoms with Crippen molar-refractivity contribution in [2.75, 3.05) is 0 Å². The van der Waals surface area contributed by atoms with Crippen LogP contribution in [0.15, 0.2) is 108 Å². The van der Waals surface area contributed by atoms with Crippen LogP contribution in [0.5, 0.6) is 0 Å². The average Bonchev–Trinajstić information content (AvgIpc) is 3.53. The van der Waals surface area contributed by atoms with Gasteiger partial charge in [0.15, 0.2) is 5.58 Å². The molecule has 0 aliphatic rings. The van der Waals surface area contributed by atoms with Gasteiger partial charge in [-0.1, -0.05) is 72.8 Å². The molecular formula is C30H18N2O. The molecule has 33 heavy (non-hydrogen) atoms. The molecule has 8 rings (SSSR count). The highest BCUT2D eigenvalue weighted by atomic mass is 16.3. The number of nitrogens with one attached hydrogen (secondary N) is 1. The topological polar surface area (TPSA) is 33.9 Å². The second-order valence-corrected chi connectivity index (χ2v) is 8.63. The summed E-state index contributed by atoms with van der Waals surface area (Å²) < 4.78 is 9.00. The molecular weight excluding hydrogens is 404 g/mol. The van der Waals surface area contributed by atoms with Crippen LogP contribution in [-0.4, -0.2) is 9.55 Å². The van der Waals surface area contributed by atoms with Crippen LogP contribution in [0, 0.1) is 0 Å². The number of rotatable bonds is 1. The van der Waals surface area contributed by atoms with Gasteiger partial charge in [0.1, 0.15) is 5.58 Å². The zero-order valence-corrected chi connectivity index (χ0v) is 17.7. The SMILES string of the molecule is c1ccc(-n2c3ccccc3c3c4[nH]c5ccccc5c4c4c5ccccc5oc4c32)cc1. The van der Waals surface area contributed by atoms with Gasteiger partial charge in [-0.15, -0.1) is 0 Å². The highest BCUT2D eigenvalue weighted by molar-refractivity contribution is 6.38. The van der Waals surface area contributed by atoms with E-state index in [1.807, 2.05) is 6.07 Å². The molecule has 3 heteroatoms. The minimum atomic E-state index is 0.913. The molecule has 154 valence electrons. The van der Waals surface area contributed by atoms with Gasteiger partial charge in [0.05, 0.1) is 16.6 Å². The maximum Gasteiger partial charge on any atom is 0.160 e. The molecule has 3 heterocycles. The van der Waals surface area contributed by atoms with Crippen molar-refractivity contribution in [3.8, 4) is 5.69 Å². The average molecular weight is 422 g/mol. The van der Waals surface area contributed by atoms with Crippen molar-refractivity contribution in [1.29, 1.82) is 0 Å². The third-order valence-electron chi connectivity index (χ3n) is 6.91. The van der Waals surface area contributed by atoms with Gasteiger partial charge in [0, 0.05) is 43.5 Å². The van der Waals surface area contributed by atoms with Crippen LogP contribution >= 0.6 is 0 Å². The lowest BCUT2D eigenvalue weighted by Gasteiger charge is -2.08. The van der Waals surface area contributed by atoms with Crippen molar-refractivity contribution >= 4 is 65.6 Å². The Morgan fingerprint density at radius 2 is 1.27 bits per heavy atom. The molecule has 0 aliphatic heterocycles.